The first-order valence-electron chi connectivity index (χ1n) is 9.41. The number of hydrogen-bond acceptors (Lipinski definition) is 6. The van der Waals surface area contributed by atoms with Crippen molar-refractivity contribution in [3.8, 4) is 5.69 Å². The van der Waals surface area contributed by atoms with Gasteiger partial charge in [-0.3, -0.25) is 9.36 Å². The van der Waals surface area contributed by atoms with E-state index in [-0.39, 0.29) is 23.7 Å². The molecule has 150 valence electrons. The number of halogens is 2. The number of fused-ring (bicyclic) bond motifs is 3. The minimum Gasteiger partial charge on any atom is -0.342 e. The zero-order chi connectivity index (χ0) is 20.7. The van der Waals surface area contributed by atoms with Crippen molar-refractivity contribution in [1.82, 2.24) is 24.7 Å². The van der Waals surface area contributed by atoms with E-state index >= 15 is 0 Å². The second kappa shape index (κ2) is 7.62. The molecule has 1 aliphatic rings. The highest BCUT2D eigenvalue weighted by atomic mass is 79.9. The number of alkyl halides is 1. The first kappa shape index (κ1) is 19.6. The van der Waals surface area contributed by atoms with Crippen molar-refractivity contribution < 1.29 is 9.18 Å². The van der Waals surface area contributed by atoms with E-state index in [1.807, 2.05) is 4.57 Å². The fourth-order valence-electron chi connectivity index (χ4n) is 3.65. The molecule has 3 aromatic rings. The Labute approximate surface area is 176 Å². The topological polar surface area (TPSA) is 76.8 Å². The summed E-state index contributed by atoms with van der Waals surface area (Å²) in [6.07, 6.45) is 4.19. The number of carbonyl (C=O) groups is 1. The molecule has 1 aromatic carbocycles. The summed E-state index contributed by atoms with van der Waals surface area (Å²) in [5.74, 6) is 1.33. The molecule has 1 aliphatic heterocycles. The molecule has 7 nitrogen and oxygen atoms in total. The van der Waals surface area contributed by atoms with E-state index < -0.39 is 4.83 Å². The number of ketones is 1. The molecule has 2 aromatic heterocycles. The summed E-state index contributed by atoms with van der Waals surface area (Å²) in [5.41, 5.74) is 1.17. The lowest BCUT2D eigenvalue weighted by molar-refractivity contribution is 0.0989. The molecule has 0 spiro atoms. The molecule has 0 amide bonds. The zero-order valence-corrected chi connectivity index (χ0v) is 17.8. The summed E-state index contributed by atoms with van der Waals surface area (Å²) in [5, 5.41) is 8.36. The van der Waals surface area contributed by atoms with Crippen LogP contribution in [0.15, 0.2) is 36.8 Å². The van der Waals surface area contributed by atoms with Crippen molar-refractivity contribution in [3.05, 3.63) is 59.8 Å². The Kier molecular flexibility index (Phi) is 5.16. The molecule has 9 heteroatoms. The molecule has 0 saturated heterocycles. The first-order chi connectivity index (χ1) is 13.9. The largest absolute Gasteiger partial charge is 0.342 e. The number of rotatable bonds is 5. The fourth-order valence-corrected chi connectivity index (χ4v) is 4.14. The SMILES string of the molecule is CC[C@@H]1c2nncn2-c2cnc(C(Br)C(=O)c3ccc(F)cc3)nc2N1C(C)C. The number of benzene rings is 1. The van der Waals surface area contributed by atoms with Gasteiger partial charge in [-0.2, -0.15) is 0 Å². The molecule has 0 N–H and O–H groups in total. The van der Waals surface area contributed by atoms with Gasteiger partial charge in [-0.15, -0.1) is 10.2 Å². The molecule has 2 atom stereocenters. The Morgan fingerprint density at radius 2 is 2.00 bits per heavy atom. The van der Waals surface area contributed by atoms with Gasteiger partial charge in [-0.25, -0.2) is 14.4 Å². The number of carbonyl (C=O) groups excluding carboxylic acids is 1. The van der Waals surface area contributed by atoms with E-state index in [1.54, 1.807) is 12.5 Å². The lowest BCUT2D eigenvalue weighted by atomic mass is 10.1. The molecule has 29 heavy (non-hydrogen) atoms. The van der Waals surface area contributed by atoms with Crippen molar-refractivity contribution in [2.45, 2.75) is 44.1 Å². The standard InChI is InChI=1S/C20H20BrFN6O/c1-4-14-20-26-24-10-27(20)15-9-23-18(25-19(15)28(14)11(2)3)16(21)17(29)12-5-7-13(22)8-6-12/h5-11,14,16H,4H2,1-3H3/t14-,16?/m1/s1. The second-order valence-corrected chi connectivity index (χ2v) is 8.07. The van der Waals surface area contributed by atoms with E-state index in [4.69, 9.17) is 4.98 Å². The minimum atomic E-state index is -0.741. The molecule has 4 rings (SSSR count). The number of aromatic nitrogens is 5. The number of Topliss-reactive ketones (excluding diaryl/α,β-unsaturated/α-hetero) is 1. The maximum Gasteiger partial charge on any atom is 0.184 e. The van der Waals surface area contributed by atoms with Crippen LogP contribution in [0.2, 0.25) is 0 Å². The van der Waals surface area contributed by atoms with Crippen molar-refractivity contribution in [1.29, 1.82) is 0 Å². The first-order valence-corrected chi connectivity index (χ1v) is 10.3. The van der Waals surface area contributed by atoms with Crippen LogP contribution < -0.4 is 4.90 Å². The van der Waals surface area contributed by atoms with E-state index in [1.165, 1.54) is 24.3 Å². The minimum absolute atomic E-state index is 0.0225. The van der Waals surface area contributed by atoms with Gasteiger partial charge in [0, 0.05) is 11.6 Å². The normalized spacial score (nSPS) is 16.5. The third-order valence-electron chi connectivity index (χ3n) is 5.01. The third kappa shape index (κ3) is 3.33. The summed E-state index contributed by atoms with van der Waals surface area (Å²) in [4.78, 5) is 23.5. The van der Waals surface area contributed by atoms with Crippen LogP contribution in [0, 0.1) is 5.82 Å². The van der Waals surface area contributed by atoms with Gasteiger partial charge >= 0.3 is 0 Å². The van der Waals surface area contributed by atoms with Gasteiger partial charge in [0.05, 0.1) is 12.2 Å². The van der Waals surface area contributed by atoms with Crippen LogP contribution in [0.4, 0.5) is 10.2 Å². The molecule has 1 unspecified atom stereocenters. The van der Waals surface area contributed by atoms with E-state index in [9.17, 15) is 9.18 Å². The molecular formula is C20H20BrFN6O. The van der Waals surface area contributed by atoms with Gasteiger partial charge in [-0.05, 0) is 44.5 Å². The number of hydrogen-bond donors (Lipinski definition) is 0. The van der Waals surface area contributed by atoms with Gasteiger partial charge in [-0.1, -0.05) is 22.9 Å². The molecule has 0 saturated carbocycles. The van der Waals surface area contributed by atoms with Crippen LogP contribution in [-0.4, -0.2) is 36.6 Å². The maximum atomic E-state index is 13.2. The maximum absolute atomic E-state index is 13.2. The summed E-state index contributed by atoms with van der Waals surface area (Å²) in [6.45, 7) is 6.28. The highest BCUT2D eigenvalue weighted by molar-refractivity contribution is 9.09. The average Bonchev–Trinajstić information content (AvgIpc) is 3.21. The monoisotopic (exact) mass is 458 g/mol. The van der Waals surface area contributed by atoms with Gasteiger partial charge in [0.1, 0.15) is 22.7 Å². The predicted octanol–water partition coefficient (Wildman–Crippen LogP) is 4.19. The van der Waals surface area contributed by atoms with Crippen molar-refractivity contribution in [2.75, 3.05) is 4.90 Å². The van der Waals surface area contributed by atoms with Gasteiger partial charge in [0.15, 0.2) is 23.2 Å². The molecule has 3 heterocycles. The van der Waals surface area contributed by atoms with E-state index in [0.29, 0.717) is 11.4 Å². The smallest absolute Gasteiger partial charge is 0.184 e. The van der Waals surface area contributed by atoms with Crippen molar-refractivity contribution in [3.63, 3.8) is 0 Å². The lowest BCUT2D eigenvalue weighted by Crippen LogP contribution is -2.40. The summed E-state index contributed by atoms with van der Waals surface area (Å²) >= 11 is 3.43. The van der Waals surface area contributed by atoms with Gasteiger partial charge < -0.3 is 4.90 Å². The Morgan fingerprint density at radius 3 is 2.66 bits per heavy atom. The Balaban J connectivity index is 1.77. The van der Waals surface area contributed by atoms with Crippen LogP contribution in [0.1, 0.15) is 60.1 Å². The molecule has 0 aliphatic carbocycles. The van der Waals surface area contributed by atoms with Crippen LogP contribution in [-0.2, 0) is 0 Å². The zero-order valence-electron chi connectivity index (χ0n) is 16.3. The molecule has 0 bridgehead atoms. The Bertz CT molecular complexity index is 1050. The third-order valence-corrected chi connectivity index (χ3v) is 5.83. The number of nitrogens with zero attached hydrogens (tertiary/aromatic N) is 6. The second-order valence-electron chi connectivity index (χ2n) is 7.15. The van der Waals surface area contributed by atoms with Gasteiger partial charge in [0.2, 0.25) is 0 Å². The van der Waals surface area contributed by atoms with Crippen molar-refractivity contribution >= 4 is 27.5 Å². The van der Waals surface area contributed by atoms with E-state index in [0.717, 1.165) is 23.8 Å². The quantitative estimate of drug-likeness (QED) is 0.421. The fraction of sp³-hybridized carbons (Fsp3) is 0.350. The van der Waals surface area contributed by atoms with E-state index in [2.05, 4.69) is 56.8 Å². The van der Waals surface area contributed by atoms with Crippen LogP contribution in [0.25, 0.3) is 5.69 Å². The Hall–Kier alpha value is -2.68. The summed E-state index contributed by atoms with van der Waals surface area (Å²) in [6, 6.07) is 5.63. The lowest BCUT2D eigenvalue weighted by Gasteiger charge is -2.39. The van der Waals surface area contributed by atoms with Crippen LogP contribution in [0.5, 0.6) is 0 Å². The molecule has 0 fully saturated rings. The Morgan fingerprint density at radius 1 is 1.28 bits per heavy atom. The molecular weight excluding hydrogens is 439 g/mol. The summed E-state index contributed by atoms with van der Waals surface area (Å²) in [7, 11) is 0. The van der Waals surface area contributed by atoms with Gasteiger partial charge in [0.25, 0.3) is 0 Å². The number of anilines is 1. The van der Waals surface area contributed by atoms with Crippen molar-refractivity contribution in [2.24, 2.45) is 0 Å². The highest BCUT2D eigenvalue weighted by Crippen LogP contribution is 2.40. The average molecular weight is 459 g/mol. The summed E-state index contributed by atoms with van der Waals surface area (Å²) < 4.78 is 15.1. The van der Waals surface area contributed by atoms with Crippen LogP contribution in [0.3, 0.4) is 0 Å². The highest BCUT2D eigenvalue weighted by Gasteiger charge is 2.36. The van der Waals surface area contributed by atoms with Crippen LogP contribution >= 0.6 is 15.9 Å². The predicted molar refractivity (Wildman–Crippen MR) is 110 cm³/mol. The molecule has 0 radical (unpaired) electrons.